The highest BCUT2D eigenvalue weighted by Gasteiger charge is 2.36. The average Bonchev–Trinajstić information content (AvgIpc) is 3.47. The third-order valence-corrected chi connectivity index (χ3v) is 6.06. The molecule has 1 aromatic heterocycles. The van der Waals surface area contributed by atoms with Crippen LogP contribution in [0.15, 0.2) is 54.6 Å². The van der Waals surface area contributed by atoms with Crippen molar-refractivity contribution >= 4 is 17.5 Å². The van der Waals surface area contributed by atoms with Crippen molar-refractivity contribution in [2.75, 3.05) is 12.1 Å². The Bertz CT molecular complexity index is 1180. The molecular formula is C25H25N3O4. The molecule has 0 bridgehead atoms. The van der Waals surface area contributed by atoms with Gasteiger partial charge in [0, 0.05) is 35.7 Å². The van der Waals surface area contributed by atoms with Crippen LogP contribution in [0.25, 0.3) is 5.69 Å². The number of ether oxygens (including phenoxy) is 2. The number of carbonyl (C=O) groups excluding carboxylic acids is 2. The van der Waals surface area contributed by atoms with Crippen LogP contribution in [-0.2, 0) is 16.1 Å². The van der Waals surface area contributed by atoms with Gasteiger partial charge in [-0.25, -0.2) is 0 Å². The van der Waals surface area contributed by atoms with Gasteiger partial charge in [-0.15, -0.1) is 0 Å². The number of hydrogen-bond acceptors (Lipinski definition) is 4. The first kappa shape index (κ1) is 20.2. The molecular weight excluding hydrogens is 406 g/mol. The molecule has 1 fully saturated rings. The minimum Gasteiger partial charge on any atom is -0.454 e. The van der Waals surface area contributed by atoms with Crippen LogP contribution in [0.3, 0.4) is 0 Å². The number of aryl methyl sites for hydroxylation is 2. The maximum Gasteiger partial charge on any atom is 0.247 e. The van der Waals surface area contributed by atoms with E-state index in [1.807, 2.05) is 42.5 Å². The highest BCUT2D eigenvalue weighted by Crippen LogP contribution is 2.33. The lowest BCUT2D eigenvalue weighted by molar-refractivity contribution is -0.133. The summed E-state index contributed by atoms with van der Waals surface area (Å²) in [5, 5.41) is 3.01. The van der Waals surface area contributed by atoms with E-state index in [0.29, 0.717) is 36.6 Å². The molecule has 5 rings (SSSR count). The lowest BCUT2D eigenvalue weighted by Gasteiger charge is -2.24. The summed E-state index contributed by atoms with van der Waals surface area (Å²) in [6, 6.07) is 17.0. The van der Waals surface area contributed by atoms with Crippen LogP contribution >= 0.6 is 0 Å². The molecule has 1 atom stereocenters. The average molecular weight is 431 g/mol. The zero-order chi connectivity index (χ0) is 22.2. The number of fused-ring (bicyclic) bond motifs is 1. The number of nitrogens with zero attached hydrogens (tertiary/aromatic N) is 2. The second-order valence-corrected chi connectivity index (χ2v) is 8.25. The standard InChI is InChI=1S/C25H25N3O4/c1-16-6-7-17(2)28(16)20-5-3-4-19(13-20)26-25(30)21-9-11-24(29)27(21)14-18-8-10-22-23(12-18)32-15-31-22/h3-8,10,12-13,21H,9,11,14-15H2,1-2H3,(H,26,30). The fourth-order valence-electron chi connectivity index (χ4n) is 4.46. The van der Waals surface area contributed by atoms with Crippen molar-refractivity contribution < 1.29 is 19.1 Å². The number of benzene rings is 2. The van der Waals surface area contributed by atoms with Gasteiger partial charge in [0.25, 0.3) is 0 Å². The van der Waals surface area contributed by atoms with Crippen molar-refractivity contribution in [3.63, 3.8) is 0 Å². The van der Waals surface area contributed by atoms with E-state index in [4.69, 9.17) is 9.47 Å². The van der Waals surface area contributed by atoms with Gasteiger partial charge in [0.2, 0.25) is 18.6 Å². The number of nitrogens with one attached hydrogen (secondary N) is 1. The summed E-state index contributed by atoms with van der Waals surface area (Å²) in [5.74, 6) is 1.18. The van der Waals surface area contributed by atoms with Crippen molar-refractivity contribution in [2.45, 2.75) is 39.3 Å². The number of carbonyl (C=O) groups is 2. The normalized spacial score (nSPS) is 17.1. The molecule has 1 N–H and O–H groups in total. The van der Waals surface area contributed by atoms with E-state index in [1.54, 1.807) is 4.90 Å². The highest BCUT2D eigenvalue weighted by molar-refractivity contribution is 5.99. The van der Waals surface area contributed by atoms with Crippen LogP contribution in [0.4, 0.5) is 5.69 Å². The molecule has 2 aliphatic heterocycles. The largest absolute Gasteiger partial charge is 0.454 e. The lowest BCUT2D eigenvalue weighted by Crippen LogP contribution is -2.41. The smallest absolute Gasteiger partial charge is 0.247 e. The predicted octanol–water partition coefficient (Wildman–Crippen LogP) is 3.95. The van der Waals surface area contributed by atoms with Crippen LogP contribution in [0, 0.1) is 13.8 Å². The Balaban J connectivity index is 1.32. The first-order chi connectivity index (χ1) is 15.5. The fraction of sp³-hybridized carbons (Fsp3) is 0.280. The third-order valence-electron chi connectivity index (χ3n) is 6.06. The van der Waals surface area contributed by atoms with E-state index in [2.05, 4.69) is 35.9 Å². The summed E-state index contributed by atoms with van der Waals surface area (Å²) in [7, 11) is 0. The number of anilines is 1. The Labute approximate surface area is 186 Å². The number of likely N-dealkylation sites (tertiary alicyclic amines) is 1. The van der Waals surface area contributed by atoms with Gasteiger partial charge in [0.1, 0.15) is 6.04 Å². The van der Waals surface area contributed by atoms with Crippen LogP contribution in [-0.4, -0.2) is 34.1 Å². The Morgan fingerprint density at radius 3 is 2.62 bits per heavy atom. The number of rotatable bonds is 5. The van der Waals surface area contributed by atoms with Crippen molar-refractivity contribution in [3.05, 3.63) is 71.5 Å². The number of aromatic nitrogens is 1. The SMILES string of the molecule is Cc1ccc(C)n1-c1cccc(NC(=O)C2CCC(=O)N2Cc2ccc3c(c2)OCO3)c1. The quantitative estimate of drug-likeness (QED) is 0.664. The highest BCUT2D eigenvalue weighted by atomic mass is 16.7. The topological polar surface area (TPSA) is 72.8 Å². The van der Waals surface area contributed by atoms with Gasteiger partial charge < -0.3 is 24.3 Å². The zero-order valence-corrected chi connectivity index (χ0v) is 18.1. The van der Waals surface area contributed by atoms with E-state index in [0.717, 1.165) is 22.6 Å². The Kier molecular flexibility index (Phi) is 5.09. The molecule has 1 saturated heterocycles. The molecule has 2 aromatic carbocycles. The minimum absolute atomic E-state index is 0.0184. The minimum atomic E-state index is -0.508. The van der Waals surface area contributed by atoms with Crippen molar-refractivity contribution in [1.82, 2.24) is 9.47 Å². The second kappa shape index (κ2) is 8.07. The molecule has 3 aromatic rings. The van der Waals surface area contributed by atoms with Gasteiger partial charge in [-0.2, -0.15) is 0 Å². The van der Waals surface area contributed by atoms with Gasteiger partial charge >= 0.3 is 0 Å². The molecule has 2 amide bonds. The number of hydrogen-bond donors (Lipinski definition) is 1. The van der Waals surface area contributed by atoms with E-state index < -0.39 is 6.04 Å². The maximum absolute atomic E-state index is 13.1. The van der Waals surface area contributed by atoms with Crippen molar-refractivity contribution in [2.24, 2.45) is 0 Å². The lowest BCUT2D eigenvalue weighted by atomic mass is 10.1. The van der Waals surface area contributed by atoms with Gasteiger partial charge in [-0.1, -0.05) is 12.1 Å². The van der Waals surface area contributed by atoms with Gasteiger partial charge in [-0.05, 0) is 68.3 Å². The van der Waals surface area contributed by atoms with E-state index in [-0.39, 0.29) is 18.6 Å². The van der Waals surface area contributed by atoms with E-state index in [9.17, 15) is 9.59 Å². The summed E-state index contributed by atoms with van der Waals surface area (Å²) in [6.45, 7) is 4.66. The van der Waals surface area contributed by atoms with E-state index >= 15 is 0 Å². The van der Waals surface area contributed by atoms with Crippen LogP contribution in [0.5, 0.6) is 11.5 Å². The molecule has 0 radical (unpaired) electrons. The molecule has 1 unspecified atom stereocenters. The second-order valence-electron chi connectivity index (χ2n) is 8.25. The zero-order valence-electron chi connectivity index (χ0n) is 18.1. The Hall–Kier alpha value is -3.74. The van der Waals surface area contributed by atoms with Crippen LogP contribution < -0.4 is 14.8 Å². The summed E-state index contributed by atoms with van der Waals surface area (Å²) in [4.78, 5) is 27.3. The summed E-state index contributed by atoms with van der Waals surface area (Å²) in [5.41, 5.74) is 4.86. The first-order valence-corrected chi connectivity index (χ1v) is 10.7. The predicted molar refractivity (Wildman–Crippen MR) is 120 cm³/mol. The summed E-state index contributed by atoms with van der Waals surface area (Å²) >= 11 is 0. The molecule has 0 spiro atoms. The Morgan fingerprint density at radius 2 is 1.81 bits per heavy atom. The molecule has 7 heteroatoms. The summed E-state index contributed by atoms with van der Waals surface area (Å²) in [6.07, 6.45) is 0.870. The van der Waals surface area contributed by atoms with Crippen LogP contribution in [0.1, 0.15) is 29.8 Å². The molecule has 3 heterocycles. The molecule has 2 aliphatic rings. The maximum atomic E-state index is 13.1. The molecule has 7 nitrogen and oxygen atoms in total. The van der Waals surface area contributed by atoms with Gasteiger partial charge in [0.05, 0.1) is 0 Å². The first-order valence-electron chi connectivity index (χ1n) is 10.7. The molecule has 32 heavy (non-hydrogen) atoms. The number of amides is 2. The van der Waals surface area contributed by atoms with Crippen LogP contribution in [0.2, 0.25) is 0 Å². The van der Waals surface area contributed by atoms with Gasteiger partial charge in [-0.3, -0.25) is 9.59 Å². The van der Waals surface area contributed by atoms with E-state index in [1.165, 1.54) is 0 Å². The summed E-state index contributed by atoms with van der Waals surface area (Å²) < 4.78 is 12.9. The molecule has 0 saturated carbocycles. The third kappa shape index (κ3) is 3.70. The molecule has 0 aliphatic carbocycles. The van der Waals surface area contributed by atoms with Gasteiger partial charge in [0.15, 0.2) is 11.5 Å². The van der Waals surface area contributed by atoms with Crippen molar-refractivity contribution in [3.8, 4) is 17.2 Å². The fourth-order valence-corrected chi connectivity index (χ4v) is 4.46. The molecule has 164 valence electrons. The monoisotopic (exact) mass is 431 g/mol. The van der Waals surface area contributed by atoms with Crippen molar-refractivity contribution in [1.29, 1.82) is 0 Å². The Morgan fingerprint density at radius 1 is 1.03 bits per heavy atom.